The molecule has 1 N–H and O–H groups in total. The van der Waals surface area contributed by atoms with Gasteiger partial charge in [-0.3, -0.25) is 4.79 Å². The average Bonchev–Trinajstić information content (AvgIpc) is 3.30. The number of benzene rings is 3. The number of methoxy groups -OCH3 is 1. The average molecular weight is 466 g/mol. The second kappa shape index (κ2) is 7.25. The highest BCUT2D eigenvalue weighted by atomic mass is 79.9. The molecule has 0 radical (unpaired) electrons. The van der Waals surface area contributed by atoms with Crippen LogP contribution in [0.2, 0.25) is 0 Å². The number of amides is 1. The topological polar surface area (TPSA) is 58.2 Å². The molecule has 5 rings (SSSR count). The number of hydrogen-bond acceptors (Lipinski definition) is 3. The molecule has 1 amide bonds. The van der Waals surface area contributed by atoms with E-state index in [2.05, 4.69) is 20.9 Å². The van der Waals surface area contributed by atoms with Gasteiger partial charge in [-0.1, -0.05) is 34.1 Å². The number of halogens is 2. The van der Waals surface area contributed by atoms with Crippen LogP contribution >= 0.6 is 15.9 Å². The lowest BCUT2D eigenvalue weighted by Crippen LogP contribution is -2.31. The summed E-state index contributed by atoms with van der Waals surface area (Å²) < 4.78 is 20.6. The highest BCUT2D eigenvalue weighted by Crippen LogP contribution is 2.39. The highest BCUT2D eigenvalue weighted by Gasteiger charge is 2.37. The summed E-state index contributed by atoms with van der Waals surface area (Å²) in [5, 5.41) is 0. The number of H-pyrrole nitrogens is 1. The third-order valence-electron chi connectivity index (χ3n) is 5.37. The molecular formula is C23H17BrFN3O2. The van der Waals surface area contributed by atoms with Gasteiger partial charge < -0.3 is 14.6 Å². The molecule has 1 aliphatic heterocycles. The van der Waals surface area contributed by atoms with Crippen LogP contribution in [0, 0.1) is 5.82 Å². The lowest BCUT2D eigenvalue weighted by Gasteiger charge is -2.28. The molecule has 1 unspecified atom stereocenters. The van der Waals surface area contributed by atoms with Crippen LogP contribution in [-0.4, -0.2) is 27.9 Å². The largest absolute Gasteiger partial charge is 0.496 e. The minimum absolute atomic E-state index is 0.136. The van der Waals surface area contributed by atoms with Gasteiger partial charge in [-0.05, 0) is 48.0 Å². The van der Waals surface area contributed by atoms with Crippen molar-refractivity contribution < 1.29 is 13.9 Å². The predicted molar refractivity (Wildman–Crippen MR) is 115 cm³/mol. The molecule has 0 fully saturated rings. The molecule has 7 heteroatoms. The van der Waals surface area contributed by atoms with Gasteiger partial charge in [0.15, 0.2) is 0 Å². The SMILES string of the molecule is COc1ccc(F)cc1C(c1nc2ccccc2[nH]1)N1Cc2ccc(Br)cc2C1=O. The second-order valence-electron chi connectivity index (χ2n) is 7.16. The summed E-state index contributed by atoms with van der Waals surface area (Å²) in [6.45, 7) is 0.392. The Morgan fingerprint density at radius 2 is 2.00 bits per heavy atom. The first-order chi connectivity index (χ1) is 14.5. The fraction of sp³-hybridized carbons (Fsp3) is 0.130. The highest BCUT2D eigenvalue weighted by molar-refractivity contribution is 9.10. The summed E-state index contributed by atoms with van der Waals surface area (Å²) in [6.07, 6.45) is 0. The zero-order chi connectivity index (χ0) is 20.8. The van der Waals surface area contributed by atoms with E-state index in [-0.39, 0.29) is 5.91 Å². The molecule has 4 aromatic rings. The molecular weight excluding hydrogens is 449 g/mol. The van der Waals surface area contributed by atoms with Gasteiger partial charge in [-0.2, -0.15) is 0 Å². The predicted octanol–water partition coefficient (Wildman–Crippen LogP) is 5.22. The number of rotatable bonds is 4. The summed E-state index contributed by atoms with van der Waals surface area (Å²) in [7, 11) is 1.53. The molecule has 0 saturated carbocycles. The smallest absolute Gasteiger partial charge is 0.255 e. The first kappa shape index (κ1) is 18.8. The molecule has 30 heavy (non-hydrogen) atoms. The van der Waals surface area contributed by atoms with E-state index in [0.29, 0.717) is 29.2 Å². The van der Waals surface area contributed by atoms with E-state index in [0.717, 1.165) is 21.1 Å². The number of fused-ring (bicyclic) bond motifs is 2. The molecule has 1 aliphatic rings. The van der Waals surface area contributed by atoms with Crippen LogP contribution in [0.15, 0.2) is 65.1 Å². The van der Waals surface area contributed by atoms with Crippen LogP contribution in [0.3, 0.4) is 0 Å². The van der Waals surface area contributed by atoms with Gasteiger partial charge in [-0.25, -0.2) is 9.37 Å². The number of hydrogen-bond donors (Lipinski definition) is 1. The monoisotopic (exact) mass is 465 g/mol. The Labute approximate surface area is 180 Å². The van der Waals surface area contributed by atoms with Crippen LogP contribution in [0.4, 0.5) is 4.39 Å². The number of nitrogens with zero attached hydrogens (tertiary/aromatic N) is 2. The molecule has 3 aromatic carbocycles. The van der Waals surface area contributed by atoms with Crippen molar-refractivity contribution in [3.63, 3.8) is 0 Å². The van der Waals surface area contributed by atoms with E-state index in [1.165, 1.54) is 19.2 Å². The number of ether oxygens (including phenoxy) is 1. The van der Waals surface area contributed by atoms with Crippen LogP contribution < -0.4 is 4.74 Å². The maximum atomic E-state index is 14.3. The van der Waals surface area contributed by atoms with Gasteiger partial charge in [0.2, 0.25) is 0 Å². The second-order valence-corrected chi connectivity index (χ2v) is 8.08. The lowest BCUT2D eigenvalue weighted by molar-refractivity contribution is 0.0723. The standard InChI is InChI=1S/C23H17BrFN3O2/c1-30-20-9-8-15(25)11-17(20)21(22-26-18-4-2-3-5-19(18)27-22)28-12-13-6-7-14(24)10-16(13)23(28)29/h2-11,21H,12H2,1H3,(H,26,27). The molecule has 150 valence electrons. The Morgan fingerprint density at radius 1 is 1.17 bits per heavy atom. The van der Waals surface area contributed by atoms with Crippen molar-refractivity contribution in [2.45, 2.75) is 12.6 Å². The summed E-state index contributed by atoms with van der Waals surface area (Å²) in [5.74, 6) is 0.508. The van der Waals surface area contributed by atoms with Crippen LogP contribution in [-0.2, 0) is 6.54 Å². The van der Waals surface area contributed by atoms with Gasteiger partial charge in [0.05, 0.1) is 18.1 Å². The lowest BCUT2D eigenvalue weighted by atomic mass is 10.0. The van der Waals surface area contributed by atoms with Crippen molar-refractivity contribution in [3.8, 4) is 5.75 Å². The van der Waals surface area contributed by atoms with E-state index in [1.54, 1.807) is 11.0 Å². The van der Waals surface area contributed by atoms with Gasteiger partial charge in [0, 0.05) is 22.1 Å². The van der Waals surface area contributed by atoms with Gasteiger partial charge in [-0.15, -0.1) is 0 Å². The van der Waals surface area contributed by atoms with Crippen LogP contribution in [0.25, 0.3) is 11.0 Å². The summed E-state index contributed by atoms with van der Waals surface area (Å²) >= 11 is 3.44. The minimum Gasteiger partial charge on any atom is -0.496 e. The number of nitrogens with one attached hydrogen (secondary N) is 1. The Hall–Kier alpha value is -3.19. The van der Waals surface area contributed by atoms with Gasteiger partial charge in [0.1, 0.15) is 23.4 Å². The zero-order valence-corrected chi connectivity index (χ0v) is 17.6. The number of carbonyl (C=O) groups is 1. The fourth-order valence-corrected chi connectivity index (χ4v) is 4.35. The maximum absolute atomic E-state index is 14.3. The number of aromatic nitrogens is 2. The quantitative estimate of drug-likeness (QED) is 0.449. The Kier molecular flexibility index (Phi) is 4.55. The number of aromatic amines is 1. The third kappa shape index (κ3) is 3.06. The van der Waals surface area contributed by atoms with E-state index in [9.17, 15) is 9.18 Å². The normalized spacial score (nSPS) is 14.2. The van der Waals surface area contributed by atoms with E-state index < -0.39 is 11.9 Å². The first-order valence-corrected chi connectivity index (χ1v) is 10.2. The molecule has 0 bridgehead atoms. The molecule has 1 aromatic heterocycles. The number of para-hydroxylation sites is 2. The van der Waals surface area contributed by atoms with Crippen molar-refractivity contribution in [1.82, 2.24) is 14.9 Å². The first-order valence-electron chi connectivity index (χ1n) is 9.42. The van der Waals surface area contributed by atoms with E-state index in [1.807, 2.05) is 42.5 Å². The van der Waals surface area contributed by atoms with Crippen molar-refractivity contribution in [1.29, 1.82) is 0 Å². The summed E-state index contributed by atoms with van der Waals surface area (Å²) in [4.78, 5) is 23.1. The number of carbonyl (C=O) groups excluding carboxylic acids is 1. The molecule has 0 aliphatic carbocycles. The van der Waals surface area contributed by atoms with Gasteiger partial charge >= 0.3 is 0 Å². The Balaban J connectivity index is 1.70. The molecule has 5 nitrogen and oxygen atoms in total. The summed E-state index contributed by atoms with van der Waals surface area (Å²) in [5.41, 5.74) is 3.71. The minimum atomic E-state index is -0.637. The molecule has 0 saturated heterocycles. The zero-order valence-electron chi connectivity index (χ0n) is 16.0. The van der Waals surface area contributed by atoms with Crippen molar-refractivity contribution in [2.75, 3.05) is 7.11 Å². The van der Waals surface area contributed by atoms with Crippen molar-refractivity contribution in [3.05, 3.63) is 93.5 Å². The molecule has 1 atom stereocenters. The third-order valence-corrected chi connectivity index (χ3v) is 5.86. The molecule has 0 spiro atoms. The van der Waals surface area contributed by atoms with Crippen LogP contribution in [0.5, 0.6) is 5.75 Å². The van der Waals surface area contributed by atoms with Gasteiger partial charge in [0.25, 0.3) is 5.91 Å². The Bertz CT molecular complexity index is 1250. The summed E-state index contributed by atoms with van der Waals surface area (Å²) in [6, 6.07) is 17.0. The van der Waals surface area contributed by atoms with Crippen molar-refractivity contribution in [2.24, 2.45) is 0 Å². The van der Waals surface area contributed by atoms with E-state index in [4.69, 9.17) is 9.72 Å². The number of imidazole rings is 1. The Morgan fingerprint density at radius 3 is 2.80 bits per heavy atom. The van der Waals surface area contributed by atoms with Crippen LogP contribution in [0.1, 0.15) is 33.4 Å². The maximum Gasteiger partial charge on any atom is 0.255 e. The fourth-order valence-electron chi connectivity index (χ4n) is 3.99. The van der Waals surface area contributed by atoms with Crippen molar-refractivity contribution >= 4 is 32.9 Å². The van der Waals surface area contributed by atoms with E-state index >= 15 is 0 Å². The molecule has 2 heterocycles.